The molecule has 164 valence electrons. The lowest BCUT2D eigenvalue weighted by Crippen LogP contribution is -1.99. The quantitative estimate of drug-likeness (QED) is 0.282. The Kier molecular flexibility index (Phi) is 7.03. The van der Waals surface area contributed by atoms with Gasteiger partial charge in [0.1, 0.15) is 27.4 Å². The van der Waals surface area contributed by atoms with E-state index in [4.69, 9.17) is 15.2 Å². The predicted molar refractivity (Wildman–Crippen MR) is 113 cm³/mol. The van der Waals surface area contributed by atoms with Crippen LogP contribution in [0.25, 0.3) is 21.8 Å². The van der Waals surface area contributed by atoms with E-state index >= 15 is 0 Å². The van der Waals surface area contributed by atoms with Gasteiger partial charge in [-0.05, 0) is 48.5 Å². The van der Waals surface area contributed by atoms with E-state index in [2.05, 4.69) is 9.97 Å². The molecule has 2 aromatic carbocycles. The van der Waals surface area contributed by atoms with Gasteiger partial charge in [-0.1, -0.05) is 0 Å². The van der Waals surface area contributed by atoms with Gasteiger partial charge >= 0.3 is 0 Å². The maximum absolute atomic E-state index is 11.2. The monoisotopic (exact) mass is 486 g/mol. The number of benzene rings is 2. The highest BCUT2D eigenvalue weighted by Crippen LogP contribution is 2.30. The van der Waals surface area contributed by atoms with E-state index in [-0.39, 0.29) is 43.2 Å². The molecule has 2 heterocycles. The largest absolute Gasteiger partial charge is 0.506 e. The lowest BCUT2D eigenvalue weighted by Gasteiger charge is -2.03. The average Bonchev–Trinajstić information content (AvgIpc) is 2.67. The Morgan fingerprint density at radius 2 is 1.13 bits per heavy atom. The Hall–Kier alpha value is -3.03. The normalized spacial score (nSPS) is 11.4. The van der Waals surface area contributed by atoms with E-state index in [0.29, 0.717) is 5.39 Å². The second-order valence-electron chi connectivity index (χ2n) is 5.88. The van der Waals surface area contributed by atoms with Gasteiger partial charge in [0, 0.05) is 33.8 Å². The number of fused-ring (bicyclic) bond motifs is 2. The van der Waals surface area contributed by atoms with Gasteiger partial charge < -0.3 is 15.7 Å². The molecule has 4 aromatic rings. The highest BCUT2D eigenvalue weighted by molar-refractivity contribution is 8.14. The zero-order valence-electron chi connectivity index (χ0n) is 15.3. The van der Waals surface area contributed by atoms with Crippen molar-refractivity contribution < 1.29 is 37.1 Å². The van der Waals surface area contributed by atoms with Crippen molar-refractivity contribution in [3.05, 3.63) is 60.9 Å². The summed E-state index contributed by atoms with van der Waals surface area (Å²) in [7, 11) is -2.87. The van der Waals surface area contributed by atoms with Gasteiger partial charge in [-0.3, -0.25) is 14.5 Å². The van der Waals surface area contributed by atoms with Crippen molar-refractivity contribution in [2.75, 3.05) is 0 Å². The van der Waals surface area contributed by atoms with Gasteiger partial charge in [-0.2, -0.15) is 8.42 Å². The fourth-order valence-electron chi connectivity index (χ4n) is 2.70. The summed E-state index contributed by atoms with van der Waals surface area (Å²) in [6.07, 6.45) is 2.89. The molecule has 0 fully saturated rings. The summed E-state index contributed by atoms with van der Waals surface area (Å²) in [6, 6.07) is 10.9. The summed E-state index contributed by atoms with van der Waals surface area (Å²) in [6.45, 7) is 0. The van der Waals surface area contributed by atoms with Crippen molar-refractivity contribution in [2.45, 2.75) is 9.79 Å². The van der Waals surface area contributed by atoms with Crippen LogP contribution in [0.4, 0.5) is 0 Å². The van der Waals surface area contributed by atoms with Gasteiger partial charge in [0.25, 0.3) is 19.2 Å². The Labute approximate surface area is 180 Å². The van der Waals surface area contributed by atoms with E-state index in [9.17, 15) is 27.0 Å². The molecule has 10 nitrogen and oxygen atoms in total. The van der Waals surface area contributed by atoms with Crippen molar-refractivity contribution in [3.63, 3.8) is 0 Å². The average molecular weight is 487 g/mol. The Bertz CT molecular complexity index is 1360. The SMILES string of the molecule is O.O=S(=O)(Cl)c1ccc(O)c2ncccc12.O=S(=O)(O)c1ccc(O)c2ncccc12. The first-order valence-electron chi connectivity index (χ1n) is 8.05. The van der Waals surface area contributed by atoms with Crippen LogP contribution < -0.4 is 0 Å². The van der Waals surface area contributed by atoms with Crippen molar-refractivity contribution in [2.24, 2.45) is 0 Å². The molecule has 31 heavy (non-hydrogen) atoms. The highest BCUT2D eigenvalue weighted by atomic mass is 35.7. The molecule has 2 aromatic heterocycles. The standard InChI is InChI=1S/C9H6ClNO3S.C9H7NO4S.H2O/c10-15(13,14)8-4-3-7(12)9-6(8)2-1-5-11-9;11-7-3-4-8(15(12,13)14)6-2-1-5-10-9(6)7;/h1-5,12H;1-5,11H,(H,12,13,14);1H2. The molecule has 4 rings (SSSR count). The molecule has 0 aliphatic carbocycles. The number of rotatable bonds is 2. The molecule has 0 unspecified atom stereocenters. The Morgan fingerprint density at radius 3 is 1.55 bits per heavy atom. The fraction of sp³-hybridized carbons (Fsp3) is 0. The van der Waals surface area contributed by atoms with Crippen molar-refractivity contribution in [3.8, 4) is 11.5 Å². The third-order valence-corrected chi connectivity index (χ3v) is 6.25. The van der Waals surface area contributed by atoms with Crippen LogP contribution in [0, 0.1) is 0 Å². The van der Waals surface area contributed by atoms with Gasteiger partial charge in [0.2, 0.25) is 0 Å². The Morgan fingerprint density at radius 1 is 0.710 bits per heavy atom. The molecule has 0 aliphatic heterocycles. The number of pyridine rings is 2. The van der Waals surface area contributed by atoms with Crippen LogP contribution in [0.2, 0.25) is 0 Å². The molecule has 0 amide bonds. The maximum atomic E-state index is 11.2. The van der Waals surface area contributed by atoms with Crippen LogP contribution in [-0.4, -0.2) is 47.0 Å². The zero-order valence-corrected chi connectivity index (χ0v) is 17.7. The number of hydrogen-bond donors (Lipinski definition) is 3. The number of phenolic OH excluding ortho intramolecular Hbond substituents is 2. The smallest absolute Gasteiger partial charge is 0.295 e. The molecular formula is C18H15ClN2O8S2. The minimum Gasteiger partial charge on any atom is -0.506 e. The van der Waals surface area contributed by atoms with Crippen LogP contribution >= 0.6 is 10.7 Å². The first-order valence-corrected chi connectivity index (χ1v) is 11.8. The van der Waals surface area contributed by atoms with Gasteiger partial charge in [-0.15, -0.1) is 0 Å². The van der Waals surface area contributed by atoms with E-state index < -0.39 is 19.2 Å². The second kappa shape index (κ2) is 8.99. The molecule has 13 heteroatoms. The molecule has 0 atom stereocenters. The van der Waals surface area contributed by atoms with E-state index in [0.717, 1.165) is 6.07 Å². The zero-order chi connectivity index (χ0) is 22.1. The van der Waals surface area contributed by atoms with Crippen LogP contribution in [0.3, 0.4) is 0 Å². The number of halogens is 1. The van der Waals surface area contributed by atoms with Crippen molar-refractivity contribution in [1.82, 2.24) is 9.97 Å². The van der Waals surface area contributed by atoms with Crippen LogP contribution in [-0.2, 0) is 19.2 Å². The molecule has 0 radical (unpaired) electrons. The molecule has 0 saturated carbocycles. The number of hydrogen-bond acceptors (Lipinski definition) is 8. The third-order valence-electron chi connectivity index (χ3n) is 3.96. The molecule has 0 spiro atoms. The van der Waals surface area contributed by atoms with E-state index in [1.54, 1.807) is 6.07 Å². The van der Waals surface area contributed by atoms with E-state index in [1.165, 1.54) is 48.8 Å². The molecule has 0 aliphatic rings. The minimum atomic E-state index is -4.30. The topological polar surface area (TPSA) is 186 Å². The van der Waals surface area contributed by atoms with Gasteiger partial charge in [-0.25, -0.2) is 8.42 Å². The first-order chi connectivity index (χ1) is 14.0. The predicted octanol–water partition coefficient (Wildman–Crippen LogP) is 2.23. The number of phenols is 2. The third kappa shape index (κ3) is 5.18. The summed E-state index contributed by atoms with van der Waals surface area (Å²) in [4.78, 5) is 7.40. The van der Waals surface area contributed by atoms with E-state index in [1.807, 2.05) is 0 Å². The highest BCUT2D eigenvalue weighted by Gasteiger charge is 2.16. The fourth-order valence-corrected chi connectivity index (χ4v) is 4.44. The number of nitrogens with zero attached hydrogens (tertiary/aromatic N) is 2. The first kappa shape index (κ1) is 24.2. The minimum absolute atomic E-state index is 0. The van der Waals surface area contributed by atoms with Crippen LogP contribution in [0.1, 0.15) is 0 Å². The van der Waals surface area contributed by atoms with Gasteiger partial charge in [0.05, 0.1) is 4.90 Å². The second-order valence-corrected chi connectivity index (χ2v) is 9.80. The molecule has 0 saturated heterocycles. The lowest BCUT2D eigenvalue weighted by atomic mass is 10.2. The van der Waals surface area contributed by atoms with Crippen molar-refractivity contribution >= 4 is 51.7 Å². The molecule has 0 bridgehead atoms. The summed E-state index contributed by atoms with van der Waals surface area (Å²) >= 11 is 0. The van der Waals surface area contributed by atoms with Crippen LogP contribution in [0.15, 0.2) is 70.7 Å². The molecule has 5 N–H and O–H groups in total. The summed E-state index contributed by atoms with van der Waals surface area (Å²) in [5, 5.41) is 19.4. The number of aromatic hydroxyl groups is 2. The maximum Gasteiger partial charge on any atom is 0.295 e. The Balaban J connectivity index is 0.000000213. The summed E-state index contributed by atoms with van der Waals surface area (Å²) in [5.74, 6) is -0.201. The lowest BCUT2D eigenvalue weighted by molar-refractivity contribution is 0.477. The summed E-state index contributed by atoms with van der Waals surface area (Å²) in [5.41, 5.74) is 0.367. The van der Waals surface area contributed by atoms with Crippen LogP contribution in [0.5, 0.6) is 11.5 Å². The molecular weight excluding hydrogens is 472 g/mol. The number of aromatic nitrogens is 2. The van der Waals surface area contributed by atoms with Gasteiger partial charge in [0.15, 0.2) is 0 Å². The summed E-state index contributed by atoms with van der Waals surface area (Å²) < 4.78 is 53.4. The van der Waals surface area contributed by atoms with Crippen molar-refractivity contribution in [1.29, 1.82) is 0 Å².